The number of pyridine rings is 1. The summed E-state index contributed by atoms with van der Waals surface area (Å²) in [4.78, 5) is 47.3. The van der Waals surface area contributed by atoms with Crippen molar-refractivity contribution in [3.05, 3.63) is 58.9 Å². The van der Waals surface area contributed by atoms with Crippen molar-refractivity contribution in [1.29, 1.82) is 0 Å². The van der Waals surface area contributed by atoms with E-state index in [2.05, 4.69) is 32.2 Å². The van der Waals surface area contributed by atoms with Crippen LogP contribution in [0.3, 0.4) is 0 Å². The third-order valence-corrected chi connectivity index (χ3v) is 6.69. The lowest BCUT2D eigenvalue weighted by Gasteiger charge is -2.36. The van der Waals surface area contributed by atoms with Gasteiger partial charge in [0.05, 0.1) is 11.4 Å². The monoisotopic (exact) mass is 433 g/mol. The van der Waals surface area contributed by atoms with Gasteiger partial charge in [-0.25, -0.2) is 0 Å². The molecule has 32 heavy (non-hydrogen) atoms. The molecule has 0 aliphatic carbocycles. The van der Waals surface area contributed by atoms with E-state index in [1.165, 1.54) is 11.3 Å². The number of aryl methyl sites for hydroxylation is 1. The molecule has 4 heterocycles. The van der Waals surface area contributed by atoms with Crippen LogP contribution in [0.15, 0.2) is 36.5 Å². The number of amides is 3. The largest absolute Gasteiger partial charge is 0.368 e. The summed E-state index contributed by atoms with van der Waals surface area (Å²) in [6.45, 7) is 7.14. The first-order valence-corrected chi connectivity index (χ1v) is 11.1. The Hall–Kier alpha value is -3.26. The van der Waals surface area contributed by atoms with Gasteiger partial charge < -0.3 is 9.80 Å². The molecule has 3 aliphatic heterocycles. The summed E-state index contributed by atoms with van der Waals surface area (Å²) in [5.74, 6) is -0.762. The summed E-state index contributed by atoms with van der Waals surface area (Å²) >= 11 is 0. The molecule has 2 fully saturated rings. The van der Waals surface area contributed by atoms with Crippen molar-refractivity contribution in [3.8, 4) is 0 Å². The fraction of sp³-hybridized carbons (Fsp3) is 0.417. The molecule has 8 nitrogen and oxygen atoms in total. The molecule has 0 saturated carbocycles. The molecule has 1 aromatic heterocycles. The number of hydrogen-bond acceptors (Lipinski definition) is 6. The lowest BCUT2D eigenvalue weighted by atomic mass is 10.0. The number of hydrogen-bond donors (Lipinski definition) is 1. The van der Waals surface area contributed by atoms with Gasteiger partial charge in [-0.15, -0.1) is 0 Å². The highest BCUT2D eigenvalue weighted by molar-refractivity contribution is 6.05. The second kappa shape index (κ2) is 8.35. The number of imide groups is 1. The minimum Gasteiger partial charge on any atom is -0.368 e. The predicted octanol–water partition coefficient (Wildman–Crippen LogP) is 1.47. The Morgan fingerprint density at radius 3 is 2.66 bits per heavy atom. The Morgan fingerprint density at radius 2 is 1.91 bits per heavy atom. The van der Waals surface area contributed by atoms with Crippen molar-refractivity contribution in [1.82, 2.24) is 20.1 Å². The molecule has 3 amide bonds. The van der Waals surface area contributed by atoms with Crippen LogP contribution in [0, 0.1) is 6.92 Å². The molecule has 1 N–H and O–H groups in total. The Labute approximate surface area is 187 Å². The van der Waals surface area contributed by atoms with E-state index in [4.69, 9.17) is 0 Å². The number of rotatable bonds is 4. The molecule has 0 radical (unpaired) electrons. The number of anilines is 1. The lowest BCUT2D eigenvalue weighted by Crippen LogP contribution is -2.52. The number of fused-ring (bicyclic) bond motifs is 1. The SMILES string of the molecule is Cc1ncccc1N1CCN(Cc2ccc3c(c2)CN(C2CCC(=O)NC2=O)C3=O)CC1. The fourth-order valence-corrected chi connectivity index (χ4v) is 4.94. The van der Waals surface area contributed by atoms with Crippen molar-refractivity contribution in [3.63, 3.8) is 0 Å². The van der Waals surface area contributed by atoms with Crippen LogP contribution < -0.4 is 10.2 Å². The zero-order valence-electron chi connectivity index (χ0n) is 18.2. The highest BCUT2D eigenvalue weighted by Gasteiger charge is 2.39. The first-order chi connectivity index (χ1) is 15.5. The highest BCUT2D eigenvalue weighted by Crippen LogP contribution is 2.29. The number of nitrogens with one attached hydrogen (secondary N) is 1. The summed E-state index contributed by atoms with van der Waals surface area (Å²) in [5, 5.41) is 2.35. The van der Waals surface area contributed by atoms with Crippen LogP contribution in [-0.2, 0) is 22.7 Å². The van der Waals surface area contributed by atoms with Gasteiger partial charge in [-0.1, -0.05) is 12.1 Å². The maximum absolute atomic E-state index is 12.9. The van der Waals surface area contributed by atoms with Gasteiger partial charge in [0.15, 0.2) is 0 Å². The van der Waals surface area contributed by atoms with Gasteiger partial charge in [0, 0.05) is 57.4 Å². The molecule has 0 bridgehead atoms. The molecule has 3 aliphatic rings. The number of nitrogens with zero attached hydrogens (tertiary/aromatic N) is 4. The van der Waals surface area contributed by atoms with E-state index < -0.39 is 6.04 Å². The van der Waals surface area contributed by atoms with E-state index in [-0.39, 0.29) is 24.1 Å². The van der Waals surface area contributed by atoms with Gasteiger partial charge in [0.2, 0.25) is 11.8 Å². The van der Waals surface area contributed by atoms with Gasteiger partial charge in [0.25, 0.3) is 5.91 Å². The maximum atomic E-state index is 12.9. The Morgan fingerprint density at radius 1 is 1.09 bits per heavy atom. The zero-order valence-corrected chi connectivity index (χ0v) is 18.2. The smallest absolute Gasteiger partial charge is 0.255 e. The molecule has 166 valence electrons. The van der Waals surface area contributed by atoms with Crippen LogP contribution in [0.4, 0.5) is 5.69 Å². The van der Waals surface area contributed by atoms with Crippen LogP contribution in [0.25, 0.3) is 0 Å². The molecule has 8 heteroatoms. The average molecular weight is 434 g/mol. The van der Waals surface area contributed by atoms with E-state index in [0.717, 1.165) is 44.0 Å². The Bertz CT molecular complexity index is 1080. The second-order valence-electron chi connectivity index (χ2n) is 8.76. The molecule has 2 aromatic rings. The summed E-state index contributed by atoms with van der Waals surface area (Å²) in [6, 6.07) is 9.54. The van der Waals surface area contributed by atoms with Gasteiger partial charge in [0.1, 0.15) is 6.04 Å². The molecular weight excluding hydrogens is 406 g/mol. The minimum atomic E-state index is -0.569. The highest BCUT2D eigenvalue weighted by atomic mass is 16.2. The summed E-state index contributed by atoms with van der Waals surface area (Å²) < 4.78 is 0. The average Bonchev–Trinajstić information content (AvgIpc) is 3.10. The minimum absolute atomic E-state index is 0.124. The molecule has 1 aromatic carbocycles. The topological polar surface area (TPSA) is 85.8 Å². The number of piperidine rings is 1. The normalized spacial score (nSPS) is 21.7. The molecule has 1 atom stereocenters. The van der Waals surface area contributed by atoms with E-state index in [1.54, 1.807) is 4.90 Å². The van der Waals surface area contributed by atoms with Crippen LogP contribution in [-0.4, -0.2) is 64.7 Å². The molecular formula is C24H27N5O3. The van der Waals surface area contributed by atoms with Gasteiger partial charge in [-0.05, 0) is 42.7 Å². The summed E-state index contributed by atoms with van der Waals surface area (Å²) in [5.41, 5.74) is 5.06. The van der Waals surface area contributed by atoms with Crippen molar-refractivity contribution in [2.45, 2.75) is 38.9 Å². The van der Waals surface area contributed by atoms with Gasteiger partial charge in [-0.2, -0.15) is 0 Å². The van der Waals surface area contributed by atoms with Crippen LogP contribution in [0.1, 0.15) is 40.0 Å². The first kappa shape index (κ1) is 20.6. The third-order valence-electron chi connectivity index (χ3n) is 6.69. The lowest BCUT2D eigenvalue weighted by molar-refractivity contribution is -0.136. The van der Waals surface area contributed by atoms with Gasteiger partial charge in [-0.3, -0.25) is 29.6 Å². The second-order valence-corrected chi connectivity index (χ2v) is 8.76. The number of benzene rings is 1. The van der Waals surface area contributed by atoms with E-state index in [0.29, 0.717) is 18.5 Å². The number of piperazine rings is 1. The predicted molar refractivity (Wildman–Crippen MR) is 119 cm³/mol. The molecule has 2 saturated heterocycles. The van der Waals surface area contributed by atoms with Crippen LogP contribution in [0.5, 0.6) is 0 Å². The van der Waals surface area contributed by atoms with Crippen molar-refractivity contribution >= 4 is 23.4 Å². The first-order valence-electron chi connectivity index (χ1n) is 11.1. The van der Waals surface area contributed by atoms with Crippen molar-refractivity contribution in [2.24, 2.45) is 0 Å². The Balaban J connectivity index is 1.22. The van der Waals surface area contributed by atoms with E-state index in [9.17, 15) is 14.4 Å². The van der Waals surface area contributed by atoms with Crippen molar-refractivity contribution in [2.75, 3.05) is 31.1 Å². The summed E-state index contributed by atoms with van der Waals surface area (Å²) in [6.07, 6.45) is 2.49. The standard InChI is InChI=1S/C24H27N5O3/c1-16-20(3-2-8-25-16)28-11-9-27(10-12-28)14-17-4-5-19-18(13-17)15-29(24(19)32)21-6-7-22(30)26-23(21)31/h2-5,8,13,21H,6-7,9-12,14-15H2,1H3,(H,26,30,31). The van der Waals surface area contributed by atoms with Crippen molar-refractivity contribution < 1.29 is 14.4 Å². The molecule has 1 unspecified atom stereocenters. The molecule has 0 spiro atoms. The quantitative estimate of drug-likeness (QED) is 0.735. The maximum Gasteiger partial charge on any atom is 0.255 e. The zero-order chi connectivity index (χ0) is 22.2. The number of carbonyl (C=O) groups is 3. The van der Waals surface area contributed by atoms with E-state index in [1.807, 2.05) is 31.3 Å². The fourth-order valence-electron chi connectivity index (χ4n) is 4.94. The van der Waals surface area contributed by atoms with Crippen LogP contribution in [0.2, 0.25) is 0 Å². The Kier molecular flexibility index (Phi) is 5.38. The third kappa shape index (κ3) is 3.86. The van der Waals surface area contributed by atoms with E-state index >= 15 is 0 Å². The van der Waals surface area contributed by atoms with Crippen LogP contribution >= 0.6 is 0 Å². The summed E-state index contributed by atoms with van der Waals surface area (Å²) in [7, 11) is 0. The van der Waals surface area contributed by atoms with Gasteiger partial charge >= 0.3 is 0 Å². The number of aromatic nitrogens is 1. The molecule has 5 rings (SSSR count). The number of carbonyl (C=O) groups excluding carboxylic acids is 3.